The summed E-state index contributed by atoms with van der Waals surface area (Å²) in [4.78, 5) is 22.7. The number of para-hydroxylation sites is 1. The van der Waals surface area contributed by atoms with Gasteiger partial charge in [-0.3, -0.25) is 9.59 Å². The molecule has 1 amide bonds. The highest BCUT2D eigenvalue weighted by atomic mass is 16.5. The van der Waals surface area contributed by atoms with Crippen LogP contribution in [0, 0.1) is 0 Å². The average Bonchev–Trinajstić information content (AvgIpc) is 2.98. The number of aliphatic carboxylic acids is 1. The second kappa shape index (κ2) is 8.51. The van der Waals surface area contributed by atoms with Gasteiger partial charge in [-0.15, -0.1) is 0 Å². The molecule has 0 aliphatic carbocycles. The number of benzene rings is 1. The largest absolute Gasteiger partial charge is 0.481 e. The first kappa shape index (κ1) is 16.5. The van der Waals surface area contributed by atoms with Crippen LogP contribution in [0.2, 0.25) is 0 Å². The van der Waals surface area contributed by atoms with E-state index in [0.717, 1.165) is 19.4 Å². The molecule has 0 bridgehead atoms. The van der Waals surface area contributed by atoms with Gasteiger partial charge in [0.1, 0.15) is 0 Å². The average molecular weight is 307 g/mol. The summed E-state index contributed by atoms with van der Waals surface area (Å²) in [7, 11) is 0. The summed E-state index contributed by atoms with van der Waals surface area (Å²) in [5.41, 5.74) is 1.12. The Labute approximate surface area is 129 Å². The van der Waals surface area contributed by atoms with Gasteiger partial charge >= 0.3 is 5.97 Å². The van der Waals surface area contributed by atoms with Crippen molar-refractivity contribution in [3.8, 4) is 0 Å². The lowest BCUT2D eigenvalue weighted by atomic mass is 10.1. The summed E-state index contributed by atoms with van der Waals surface area (Å²) in [5, 5.41) is 11.6. The van der Waals surface area contributed by atoms with E-state index in [1.54, 1.807) is 24.3 Å². The van der Waals surface area contributed by atoms with Crippen molar-refractivity contribution >= 4 is 17.6 Å². The maximum Gasteiger partial charge on any atom is 0.307 e. The zero-order chi connectivity index (χ0) is 15.8. The minimum absolute atomic E-state index is 0.119. The Morgan fingerprint density at radius 1 is 1.36 bits per heavy atom. The number of anilines is 1. The highest BCUT2D eigenvalue weighted by molar-refractivity contribution is 5.92. The molecule has 0 aromatic heterocycles. The Hall–Kier alpha value is -1.92. The van der Waals surface area contributed by atoms with Crippen molar-refractivity contribution in [3.05, 3.63) is 29.8 Å². The summed E-state index contributed by atoms with van der Waals surface area (Å²) >= 11 is 0. The van der Waals surface area contributed by atoms with Gasteiger partial charge in [0.2, 0.25) is 5.91 Å². The summed E-state index contributed by atoms with van der Waals surface area (Å²) < 4.78 is 10.9. The number of amides is 1. The van der Waals surface area contributed by atoms with E-state index in [1.165, 1.54) is 0 Å². The molecule has 1 unspecified atom stereocenters. The van der Waals surface area contributed by atoms with Crippen LogP contribution < -0.4 is 5.32 Å². The number of carbonyl (C=O) groups excluding carboxylic acids is 1. The summed E-state index contributed by atoms with van der Waals surface area (Å²) in [6.07, 6.45) is 2.34. The molecule has 1 aliphatic rings. The van der Waals surface area contributed by atoms with Crippen LogP contribution in [0.4, 0.5) is 5.69 Å². The SMILES string of the molecule is O=C(O)Cc1ccccc1NC(=O)CCOCC1CCCO1. The molecule has 1 aromatic carbocycles. The van der Waals surface area contributed by atoms with Crippen molar-refractivity contribution < 1.29 is 24.2 Å². The van der Waals surface area contributed by atoms with Crippen molar-refractivity contribution in [1.29, 1.82) is 0 Å². The molecular weight excluding hydrogens is 286 g/mol. The molecule has 6 nitrogen and oxygen atoms in total. The predicted octanol–water partition coefficient (Wildman–Crippen LogP) is 1.84. The predicted molar refractivity (Wildman–Crippen MR) is 80.8 cm³/mol. The first-order valence-corrected chi connectivity index (χ1v) is 7.44. The fourth-order valence-corrected chi connectivity index (χ4v) is 2.33. The van der Waals surface area contributed by atoms with Crippen LogP contribution in [0.3, 0.4) is 0 Å². The van der Waals surface area contributed by atoms with E-state index in [1.807, 2.05) is 0 Å². The van der Waals surface area contributed by atoms with E-state index in [2.05, 4.69) is 5.32 Å². The maximum atomic E-state index is 11.9. The van der Waals surface area contributed by atoms with Crippen molar-refractivity contribution in [2.75, 3.05) is 25.1 Å². The molecule has 22 heavy (non-hydrogen) atoms. The molecule has 2 N–H and O–H groups in total. The molecule has 6 heteroatoms. The smallest absolute Gasteiger partial charge is 0.307 e. The normalized spacial score (nSPS) is 17.4. The second-order valence-corrected chi connectivity index (χ2v) is 5.24. The van der Waals surface area contributed by atoms with Crippen molar-refractivity contribution in [2.24, 2.45) is 0 Å². The number of hydrogen-bond acceptors (Lipinski definition) is 4. The highest BCUT2D eigenvalue weighted by Crippen LogP contribution is 2.16. The molecule has 1 atom stereocenters. The molecule has 0 spiro atoms. The third-order valence-electron chi connectivity index (χ3n) is 3.43. The van der Waals surface area contributed by atoms with Crippen molar-refractivity contribution in [1.82, 2.24) is 0 Å². The van der Waals surface area contributed by atoms with Crippen LogP contribution in [-0.4, -0.2) is 42.9 Å². The number of ether oxygens (including phenoxy) is 2. The molecule has 1 aromatic rings. The Morgan fingerprint density at radius 2 is 2.18 bits per heavy atom. The van der Waals surface area contributed by atoms with Crippen LogP contribution in [-0.2, 0) is 25.5 Å². The first-order chi connectivity index (χ1) is 10.6. The zero-order valence-corrected chi connectivity index (χ0v) is 12.4. The Bertz CT molecular complexity index is 511. The molecule has 0 saturated carbocycles. The Balaban J connectivity index is 1.73. The monoisotopic (exact) mass is 307 g/mol. The van der Waals surface area contributed by atoms with Crippen LogP contribution >= 0.6 is 0 Å². The van der Waals surface area contributed by atoms with E-state index < -0.39 is 5.97 Å². The molecule has 1 fully saturated rings. The maximum absolute atomic E-state index is 11.9. The van der Waals surface area contributed by atoms with Gasteiger partial charge in [0.15, 0.2) is 0 Å². The molecule has 120 valence electrons. The third-order valence-corrected chi connectivity index (χ3v) is 3.43. The zero-order valence-electron chi connectivity index (χ0n) is 12.4. The van der Waals surface area contributed by atoms with Gasteiger partial charge in [0, 0.05) is 12.3 Å². The van der Waals surface area contributed by atoms with Gasteiger partial charge in [-0.1, -0.05) is 18.2 Å². The molecule has 0 radical (unpaired) electrons. The molecular formula is C16H21NO5. The third kappa shape index (κ3) is 5.46. The van der Waals surface area contributed by atoms with Gasteiger partial charge in [-0.2, -0.15) is 0 Å². The standard InChI is InChI=1S/C16H21NO5/c18-15(7-9-21-11-13-5-3-8-22-13)17-14-6-2-1-4-12(14)10-16(19)20/h1-2,4,6,13H,3,5,7-11H2,(H,17,18)(H,19,20). The molecule has 1 aliphatic heterocycles. The number of rotatable bonds is 8. The van der Waals surface area contributed by atoms with Crippen molar-refractivity contribution in [2.45, 2.75) is 31.8 Å². The quantitative estimate of drug-likeness (QED) is 0.716. The van der Waals surface area contributed by atoms with E-state index in [-0.39, 0.29) is 24.9 Å². The van der Waals surface area contributed by atoms with Crippen LogP contribution in [0.25, 0.3) is 0 Å². The molecule has 2 rings (SSSR count). The van der Waals surface area contributed by atoms with E-state index in [9.17, 15) is 9.59 Å². The van der Waals surface area contributed by atoms with E-state index >= 15 is 0 Å². The number of nitrogens with one attached hydrogen (secondary N) is 1. The minimum atomic E-state index is -0.929. The Kier molecular flexibility index (Phi) is 6.36. The van der Waals surface area contributed by atoms with Crippen LogP contribution in [0.15, 0.2) is 24.3 Å². The number of carboxylic acids is 1. The van der Waals surface area contributed by atoms with Crippen molar-refractivity contribution in [3.63, 3.8) is 0 Å². The van der Waals surface area contributed by atoms with E-state index in [0.29, 0.717) is 24.5 Å². The van der Waals surface area contributed by atoms with Gasteiger partial charge < -0.3 is 19.9 Å². The van der Waals surface area contributed by atoms with Gasteiger partial charge in [0.05, 0.1) is 32.2 Å². The Morgan fingerprint density at radius 3 is 2.91 bits per heavy atom. The fraction of sp³-hybridized carbons (Fsp3) is 0.500. The highest BCUT2D eigenvalue weighted by Gasteiger charge is 2.15. The van der Waals surface area contributed by atoms with Gasteiger partial charge in [0.25, 0.3) is 0 Å². The summed E-state index contributed by atoms with van der Waals surface area (Å²) in [5.74, 6) is -1.12. The molecule has 1 saturated heterocycles. The summed E-state index contributed by atoms with van der Waals surface area (Å²) in [6, 6.07) is 6.90. The lowest BCUT2D eigenvalue weighted by molar-refractivity contribution is -0.136. The first-order valence-electron chi connectivity index (χ1n) is 7.44. The van der Waals surface area contributed by atoms with Gasteiger partial charge in [-0.25, -0.2) is 0 Å². The lowest BCUT2D eigenvalue weighted by Gasteiger charge is -2.11. The number of carboxylic acid groups (broad SMARTS) is 1. The minimum Gasteiger partial charge on any atom is -0.481 e. The number of hydrogen-bond donors (Lipinski definition) is 2. The van der Waals surface area contributed by atoms with Crippen LogP contribution in [0.1, 0.15) is 24.8 Å². The lowest BCUT2D eigenvalue weighted by Crippen LogP contribution is -2.19. The van der Waals surface area contributed by atoms with E-state index in [4.69, 9.17) is 14.6 Å². The fourth-order valence-electron chi connectivity index (χ4n) is 2.33. The topological polar surface area (TPSA) is 84.9 Å². The van der Waals surface area contributed by atoms with Crippen LogP contribution in [0.5, 0.6) is 0 Å². The second-order valence-electron chi connectivity index (χ2n) is 5.24. The molecule has 1 heterocycles. The van der Waals surface area contributed by atoms with Gasteiger partial charge in [-0.05, 0) is 24.5 Å². The summed E-state index contributed by atoms with van der Waals surface area (Å²) in [6.45, 7) is 1.63. The number of carbonyl (C=O) groups is 2.